The van der Waals surface area contributed by atoms with Crippen LogP contribution < -0.4 is 5.73 Å². The number of hydrogen-bond donors (Lipinski definition) is 1. The highest BCUT2D eigenvalue weighted by Crippen LogP contribution is 2.29. The third kappa shape index (κ3) is 3.62. The zero-order valence-corrected chi connectivity index (χ0v) is 14.3. The number of nitrogens with two attached hydrogens (primary N) is 1. The van der Waals surface area contributed by atoms with E-state index in [1.54, 1.807) is 23.1 Å². The van der Waals surface area contributed by atoms with Gasteiger partial charge in [0.15, 0.2) is 4.34 Å². The number of rotatable bonds is 4. The number of nitrogens with zero attached hydrogens (tertiary/aromatic N) is 2. The number of thiazole rings is 1. The van der Waals surface area contributed by atoms with Gasteiger partial charge in [-0.3, -0.25) is 4.79 Å². The molecule has 2 N–H and O–H groups in total. The number of benzene rings is 1. The predicted octanol–water partition coefficient (Wildman–Crippen LogP) is 2.97. The van der Waals surface area contributed by atoms with Crippen LogP contribution in [-0.4, -0.2) is 40.7 Å². The van der Waals surface area contributed by atoms with E-state index in [1.165, 1.54) is 4.70 Å². The van der Waals surface area contributed by atoms with Gasteiger partial charge >= 0.3 is 0 Å². The van der Waals surface area contributed by atoms with E-state index in [0.29, 0.717) is 11.7 Å². The van der Waals surface area contributed by atoms with Gasteiger partial charge < -0.3 is 10.6 Å². The highest BCUT2D eigenvalue weighted by atomic mass is 32.2. The zero-order valence-electron chi connectivity index (χ0n) is 12.7. The van der Waals surface area contributed by atoms with E-state index < -0.39 is 0 Å². The van der Waals surface area contributed by atoms with Gasteiger partial charge in [-0.25, -0.2) is 4.98 Å². The number of fused-ring (bicyclic) bond motifs is 1. The van der Waals surface area contributed by atoms with Crippen molar-refractivity contribution >= 4 is 39.2 Å². The molecule has 3 rings (SSSR count). The molecule has 0 radical (unpaired) electrons. The molecule has 1 aliphatic heterocycles. The van der Waals surface area contributed by atoms with Gasteiger partial charge in [0.2, 0.25) is 5.91 Å². The molecule has 6 heteroatoms. The average molecular weight is 335 g/mol. The Morgan fingerprint density at radius 3 is 3.14 bits per heavy atom. The van der Waals surface area contributed by atoms with Crippen molar-refractivity contribution in [1.82, 2.24) is 9.88 Å². The Bertz CT molecular complexity index is 623. The van der Waals surface area contributed by atoms with Crippen LogP contribution in [0.5, 0.6) is 0 Å². The molecular weight excluding hydrogens is 314 g/mol. The minimum atomic E-state index is 0.160. The zero-order chi connectivity index (χ0) is 15.5. The van der Waals surface area contributed by atoms with Gasteiger partial charge in [-0.05, 0) is 37.8 Å². The highest BCUT2D eigenvalue weighted by Gasteiger charge is 2.25. The Balaban J connectivity index is 1.57. The van der Waals surface area contributed by atoms with E-state index in [4.69, 9.17) is 5.73 Å². The molecule has 0 aliphatic carbocycles. The summed E-state index contributed by atoms with van der Waals surface area (Å²) in [6, 6.07) is 8.24. The van der Waals surface area contributed by atoms with E-state index in [0.717, 1.165) is 35.8 Å². The summed E-state index contributed by atoms with van der Waals surface area (Å²) in [6.07, 6.45) is 2.19. The molecule has 4 nitrogen and oxygen atoms in total. The maximum Gasteiger partial charge on any atom is 0.233 e. The molecule has 118 valence electrons. The quantitative estimate of drug-likeness (QED) is 0.873. The Morgan fingerprint density at radius 1 is 1.55 bits per heavy atom. The van der Waals surface area contributed by atoms with Gasteiger partial charge in [0, 0.05) is 19.1 Å². The van der Waals surface area contributed by atoms with Crippen molar-refractivity contribution in [2.24, 2.45) is 11.7 Å². The van der Waals surface area contributed by atoms with E-state index in [1.807, 2.05) is 30.0 Å². The van der Waals surface area contributed by atoms with E-state index in [-0.39, 0.29) is 11.9 Å². The molecule has 2 heterocycles. The molecule has 1 saturated heterocycles. The first-order valence-electron chi connectivity index (χ1n) is 7.65. The number of aromatic nitrogens is 1. The van der Waals surface area contributed by atoms with Gasteiger partial charge in [-0.15, -0.1) is 11.3 Å². The van der Waals surface area contributed by atoms with Gasteiger partial charge in [0.1, 0.15) is 0 Å². The van der Waals surface area contributed by atoms with E-state index in [2.05, 4.69) is 11.1 Å². The summed E-state index contributed by atoms with van der Waals surface area (Å²) in [5.74, 6) is 1.10. The number of para-hydroxylation sites is 1. The lowest BCUT2D eigenvalue weighted by molar-refractivity contribution is -0.130. The summed E-state index contributed by atoms with van der Waals surface area (Å²) in [7, 11) is 0. The molecule has 1 aromatic heterocycles. The molecule has 2 aromatic rings. The number of amides is 1. The Hall–Kier alpha value is -1.11. The van der Waals surface area contributed by atoms with Gasteiger partial charge in [-0.1, -0.05) is 23.9 Å². The van der Waals surface area contributed by atoms with Crippen LogP contribution in [0.1, 0.15) is 19.8 Å². The summed E-state index contributed by atoms with van der Waals surface area (Å²) >= 11 is 3.19. The topological polar surface area (TPSA) is 59.2 Å². The largest absolute Gasteiger partial charge is 0.342 e. The summed E-state index contributed by atoms with van der Waals surface area (Å²) in [5.41, 5.74) is 7.00. The maximum absolute atomic E-state index is 12.4. The van der Waals surface area contributed by atoms with Crippen molar-refractivity contribution in [1.29, 1.82) is 0 Å². The van der Waals surface area contributed by atoms with Crippen LogP contribution in [0.25, 0.3) is 10.2 Å². The highest BCUT2D eigenvalue weighted by molar-refractivity contribution is 8.01. The number of thioether (sulfide) groups is 1. The second kappa shape index (κ2) is 6.98. The molecule has 22 heavy (non-hydrogen) atoms. The number of carbonyl (C=O) groups excluding carboxylic acids is 1. The molecule has 0 saturated carbocycles. The molecule has 0 bridgehead atoms. The van der Waals surface area contributed by atoms with Crippen molar-refractivity contribution in [2.45, 2.75) is 30.1 Å². The maximum atomic E-state index is 12.4. The third-order valence-electron chi connectivity index (χ3n) is 4.15. The minimum Gasteiger partial charge on any atom is -0.342 e. The van der Waals surface area contributed by atoms with E-state index in [9.17, 15) is 4.79 Å². The van der Waals surface area contributed by atoms with Crippen LogP contribution in [0.3, 0.4) is 0 Å². The fourth-order valence-corrected chi connectivity index (χ4v) is 4.76. The normalized spacial score (nSPS) is 20.3. The molecule has 1 aromatic carbocycles. The molecule has 1 aliphatic rings. The Kier molecular flexibility index (Phi) is 5.00. The van der Waals surface area contributed by atoms with Crippen LogP contribution >= 0.6 is 23.1 Å². The minimum absolute atomic E-state index is 0.160. The number of likely N-dealkylation sites (tertiary alicyclic amines) is 1. The Morgan fingerprint density at radius 2 is 2.36 bits per heavy atom. The summed E-state index contributed by atoms with van der Waals surface area (Å²) in [6.45, 7) is 3.70. The number of hydrogen-bond acceptors (Lipinski definition) is 5. The second-order valence-electron chi connectivity index (χ2n) is 5.84. The summed E-state index contributed by atoms with van der Waals surface area (Å²) in [5, 5.41) is 0. The monoisotopic (exact) mass is 335 g/mol. The van der Waals surface area contributed by atoms with Crippen molar-refractivity contribution < 1.29 is 4.79 Å². The first-order chi connectivity index (χ1) is 10.6. The fraction of sp³-hybridized carbons (Fsp3) is 0.500. The summed E-state index contributed by atoms with van der Waals surface area (Å²) in [4.78, 5) is 18.9. The standard InChI is InChI=1S/C16H21N3OS2/c1-11(17)12-5-4-8-19(9-12)15(20)10-21-16-18-13-6-2-3-7-14(13)22-16/h2-3,6-7,11-12H,4-5,8-10,17H2,1H3. The molecule has 2 atom stereocenters. The van der Waals surface area contributed by atoms with Crippen LogP contribution in [0.15, 0.2) is 28.6 Å². The molecule has 0 spiro atoms. The van der Waals surface area contributed by atoms with Crippen molar-refractivity contribution in [3.63, 3.8) is 0 Å². The Labute approximate surface area is 139 Å². The molecule has 2 unspecified atom stereocenters. The first-order valence-corrected chi connectivity index (χ1v) is 9.45. The second-order valence-corrected chi connectivity index (χ2v) is 8.09. The lowest BCUT2D eigenvalue weighted by atomic mass is 9.92. The van der Waals surface area contributed by atoms with Crippen molar-refractivity contribution in [2.75, 3.05) is 18.8 Å². The lowest BCUT2D eigenvalue weighted by Crippen LogP contribution is -2.45. The average Bonchev–Trinajstić information content (AvgIpc) is 2.95. The smallest absolute Gasteiger partial charge is 0.233 e. The van der Waals surface area contributed by atoms with Crippen LogP contribution in [0.2, 0.25) is 0 Å². The van der Waals surface area contributed by atoms with Gasteiger partial charge in [0.25, 0.3) is 0 Å². The van der Waals surface area contributed by atoms with Gasteiger partial charge in [-0.2, -0.15) is 0 Å². The van der Waals surface area contributed by atoms with Crippen molar-refractivity contribution in [3.05, 3.63) is 24.3 Å². The summed E-state index contributed by atoms with van der Waals surface area (Å²) < 4.78 is 2.14. The first kappa shape index (κ1) is 15.8. The predicted molar refractivity (Wildman–Crippen MR) is 93.3 cm³/mol. The molecular formula is C16H21N3OS2. The van der Waals surface area contributed by atoms with E-state index >= 15 is 0 Å². The van der Waals surface area contributed by atoms with Crippen LogP contribution in [0, 0.1) is 5.92 Å². The fourth-order valence-electron chi connectivity index (χ4n) is 2.79. The third-order valence-corrected chi connectivity index (χ3v) is 6.31. The van der Waals surface area contributed by atoms with Crippen LogP contribution in [0.4, 0.5) is 0 Å². The SMILES string of the molecule is CC(N)C1CCCN(C(=O)CSc2nc3ccccc3s2)C1. The molecule has 1 fully saturated rings. The van der Waals surface area contributed by atoms with Crippen molar-refractivity contribution in [3.8, 4) is 0 Å². The molecule has 1 amide bonds. The van der Waals surface area contributed by atoms with Crippen LogP contribution in [-0.2, 0) is 4.79 Å². The number of piperidine rings is 1. The lowest BCUT2D eigenvalue weighted by Gasteiger charge is -2.34. The van der Waals surface area contributed by atoms with Gasteiger partial charge in [0.05, 0.1) is 16.0 Å². The number of carbonyl (C=O) groups is 1.